The molecule has 0 spiro atoms. The highest BCUT2D eigenvalue weighted by Crippen LogP contribution is 2.05. The summed E-state index contributed by atoms with van der Waals surface area (Å²) >= 11 is 0. The Morgan fingerprint density at radius 3 is 2.60 bits per heavy atom. The lowest BCUT2D eigenvalue weighted by molar-refractivity contribution is -0.130. The zero-order valence-electron chi connectivity index (χ0n) is 9.36. The van der Waals surface area contributed by atoms with Gasteiger partial charge in [0.25, 0.3) is 0 Å². The van der Waals surface area contributed by atoms with Gasteiger partial charge in [-0.3, -0.25) is 4.79 Å². The van der Waals surface area contributed by atoms with Gasteiger partial charge in [0, 0.05) is 26.1 Å². The molecule has 1 rings (SSSR count). The first-order valence-electron chi connectivity index (χ1n) is 5.38. The van der Waals surface area contributed by atoms with Crippen LogP contribution in [-0.4, -0.2) is 54.6 Å². The summed E-state index contributed by atoms with van der Waals surface area (Å²) in [5.41, 5.74) is 0. The molecule has 0 aromatic rings. The largest absolute Gasteiger partial charge is 0.448 e. The number of carbonyl (C=O) groups excluding carboxylic acids is 2. The van der Waals surface area contributed by atoms with Gasteiger partial charge in [0.05, 0.1) is 6.54 Å². The van der Waals surface area contributed by atoms with Gasteiger partial charge in [-0.15, -0.1) is 0 Å². The standard InChI is InChI=1S/C10H18N2O3/c1-3-11(4-2)9(13)5-6-12-7-8-15-10(12)14/h3-8H2,1-2H3. The van der Waals surface area contributed by atoms with Crippen LogP contribution < -0.4 is 0 Å². The molecule has 0 aliphatic carbocycles. The molecule has 1 aliphatic heterocycles. The average molecular weight is 214 g/mol. The monoisotopic (exact) mass is 214 g/mol. The first-order chi connectivity index (χ1) is 7.19. The molecule has 0 saturated carbocycles. The predicted octanol–water partition coefficient (Wildman–Crippen LogP) is 0.697. The van der Waals surface area contributed by atoms with E-state index in [-0.39, 0.29) is 12.0 Å². The molecule has 0 atom stereocenters. The minimum Gasteiger partial charge on any atom is -0.448 e. The third-order valence-corrected chi connectivity index (χ3v) is 2.56. The Balaban J connectivity index is 2.29. The molecule has 0 aromatic carbocycles. The van der Waals surface area contributed by atoms with E-state index in [0.29, 0.717) is 26.1 Å². The summed E-state index contributed by atoms with van der Waals surface area (Å²) in [6, 6.07) is 0. The molecule has 0 N–H and O–H groups in total. The van der Waals surface area contributed by atoms with Gasteiger partial charge in [0.2, 0.25) is 5.91 Å². The number of cyclic esters (lactones) is 1. The third kappa shape index (κ3) is 3.11. The van der Waals surface area contributed by atoms with Gasteiger partial charge in [0.1, 0.15) is 6.61 Å². The topological polar surface area (TPSA) is 49.9 Å². The van der Waals surface area contributed by atoms with Crippen molar-refractivity contribution in [1.82, 2.24) is 9.80 Å². The molecule has 2 amide bonds. The van der Waals surface area contributed by atoms with E-state index in [1.165, 1.54) is 0 Å². The summed E-state index contributed by atoms with van der Waals surface area (Å²) in [4.78, 5) is 26.0. The van der Waals surface area contributed by atoms with Crippen LogP contribution in [0.1, 0.15) is 20.3 Å². The molecule has 15 heavy (non-hydrogen) atoms. The van der Waals surface area contributed by atoms with Gasteiger partial charge in [-0.05, 0) is 13.8 Å². The van der Waals surface area contributed by atoms with E-state index in [9.17, 15) is 9.59 Å². The molecule has 0 aromatic heterocycles. The fourth-order valence-electron chi connectivity index (χ4n) is 1.59. The fraction of sp³-hybridized carbons (Fsp3) is 0.800. The molecule has 86 valence electrons. The number of hydrogen-bond acceptors (Lipinski definition) is 3. The maximum Gasteiger partial charge on any atom is 0.409 e. The van der Waals surface area contributed by atoms with Crippen molar-refractivity contribution in [1.29, 1.82) is 0 Å². The van der Waals surface area contributed by atoms with Crippen LogP contribution >= 0.6 is 0 Å². The van der Waals surface area contributed by atoms with Gasteiger partial charge < -0.3 is 14.5 Å². The molecule has 1 saturated heterocycles. The predicted molar refractivity (Wildman–Crippen MR) is 55.5 cm³/mol. The van der Waals surface area contributed by atoms with E-state index in [1.807, 2.05) is 13.8 Å². The van der Waals surface area contributed by atoms with Gasteiger partial charge in [0.15, 0.2) is 0 Å². The second-order valence-electron chi connectivity index (χ2n) is 3.42. The van der Waals surface area contributed by atoms with Crippen LogP contribution in [0.15, 0.2) is 0 Å². The highest BCUT2D eigenvalue weighted by atomic mass is 16.6. The summed E-state index contributed by atoms with van der Waals surface area (Å²) in [5.74, 6) is 0.0969. The molecular formula is C10H18N2O3. The average Bonchev–Trinajstić information content (AvgIpc) is 2.63. The van der Waals surface area contributed by atoms with Crippen LogP contribution in [0.3, 0.4) is 0 Å². The third-order valence-electron chi connectivity index (χ3n) is 2.56. The van der Waals surface area contributed by atoms with E-state index in [0.717, 1.165) is 13.1 Å². The Hall–Kier alpha value is -1.26. The first kappa shape index (κ1) is 11.8. The first-order valence-corrected chi connectivity index (χ1v) is 5.38. The van der Waals surface area contributed by atoms with Crippen molar-refractivity contribution < 1.29 is 14.3 Å². The Bertz CT molecular complexity index is 239. The molecule has 1 fully saturated rings. The second-order valence-corrected chi connectivity index (χ2v) is 3.42. The van der Waals surface area contributed by atoms with Crippen molar-refractivity contribution in [2.75, 3.05) is 32.8 Å². The van der Waals surface area contributed by atoms with Crippen LogP contribution in [0.2, 0.25) is 0 Å². The van der Waals surface area contributed by atoms with Crippen molar-refractivity contribution in [2.24, 2.45) is 0 Å². The summed E-state index contributed by atoms with van der Waals surface area (Å²) in [7, 11) is 0. The molecule has 1 aliphatic rings. The van der Waals surface area contributed by atoms with E-state index in [4.69, 9.17) is 4.74 Å². The summed E-state index contributed by atoms with van der Waals surface area (Å²) in [6.07, 6.45) is 0.0823. The van der Waals surface area contributed by atoms with Crippen LogP contribution in [0.5, 0.6) is 0 Å². The van der Waals surface area contributed by atoms with E-state index in [2.05, 4.69) is 0 Å². The maximum absolute atomic E-state index is 11.6. The highest BCUT2D eigenvalue weighted by Gasteiger charge is 2.22. The Morgan fingerprint density at radius 2 is 2.13 bits per heavy atom. The second kappa shape index (κ2) is 5.58. The van der Waals surface area contributed by atoms with E-state index in [1.54, 1.807) is 9.80 Å². The number of hydrogen-bond donors (Lipinski definition) is 0. The van der Waals surface area contributed by atoms with Crippen molar-refractivity contribution >= 4 is 12.0 Å². The van der Waals surface area contributed by atoms with Gasteiger partial charge in [-0.2, -0.15) is 0 Å². The number of nitrogens with zero attached hydrogens (tertiary/aromatic N) is 2. The Kier molecular flexibility index (Phi) is 4.39. The number of amides is 2. The zero-order valence-corrected chi connectivity index (χ0v) is 9.36. The van der Waals surface area contributed by atoms with E-state index >= 15 is 0 Å². The van der Waals surface area contributed by atoms with Gasteiger partial charge >= 0.3 is 6.09 Å². The van der Waals surface area contributed by atoms with Gasteiger partial charge in [-0.25, -0.2) is 4.79 Å². The summed E-state index contributed by atoms with van der Waals surface area (Å²) in [6.45, 7) is 6.85. The number of rotatable bonds is 5. The van der Waals surface area contributed by atoms with Gasteiger partial charge in [-0.1, -0.05) is 0 Å². The lowest BCUT2D eigenvalue weighted by Crippen LogP contribution is -2.34. The minimum absolute atomic E-state index is 0.0969. The van der Waals surface area contributed by atoms with Crippen LogP contribution in [0, 0.1) is 0 Å². The zero-order chi connectivity index (χ0) is 11.3. The molecule has 0 bridgehead atoms. The molecule has 0 unspecified atom stereocenters. The molecule has 0 radical (unpaired) electrons. The van der Waals surface area contributed by atoms with Crippen LogP contribution in [-0.2, 0) is 9.53 Å². The van der Waals surface area contributed by atoms with E-state index < -0.39 is 0 Å². The number of carbonyl (C=O) groups is 2. The van der Waals surface area contributed by atoms with Crippen molar-refractivity contribution in [3.8, 4) is 0 Å². The van der Waals surface area contributed by atoms with Crippen molar-refractivity contribution in [3.63, 3.8) is 0 Å². The summed E-state index contributed by atoms with van der Waals surface area (Å²) in [5, 5.41) is 0. The SMILES string of the molecule is CCN(CC)C(=O)CCN1CCOC1=O. The molecule has 5 nitrogen and oxygen atoms in total. The van der Waals surface area contributed by atoms with Crippen molar-refractivity contribution in [2.45, 2.75) is 20.3 Å². The smallest absolute Gasteiger partial charge is 0.409 e. The lowest BCUT2D eigenvalue weighted by Gasteiger charge is -2.20. The quantitative estimate of drug-likeness (QED) is 0.676. The summed E-state index contributed by atoms with van der Waals surface area (Å²) < 4.78 is 4.77. The maximum atomic E-state index is 11.6. The fourth-order valence-corrected chi connectivity index (χ4v) is 1.59. The van der Waals surface area contributed by atoms with Crippen LogP contribution in [0.4, 0.5) is 4.79 Å². The molecular weight excluding hydrogens is 196 g/mol. The normalized spacial score (nSPS) is 15.3. The highest BCUT2D eigenvalue weighted by molar-refractivity contribution is 5.77. The van der Waals surface area contributed by atoms with Crippen LogP contribution in [0.25, 0.3) is 0 Å². The number of ether oxygens (including phenoxy) is 1. The Labute approximate surface area is 90.0 Å². The van der Waals surface area contributed by atoms with Crippen molar-refractivity contribution in [3.05, 3.63) is 0 Å². The lowest BCUT2D eigenvalue weighted by atomic mass is 10.3. The molecule has 1 heterocycles. The molecule has 5 heteroatoms. The Morgan fingerprint density at radius 1 is 1.47 bits per heavy atom. The minimum atomic E-state index is -0.303.